The van der Waals surface area contributed by atoms with Crippen molar-refractivity contribution in [1.82, 2.24) is 4.72 Å². The molecule has 0 bridgehead atoms. The van der Waals surface area contributed by atoms with Gasteiger partial charge in [0.25, 0.3) is 10.0 Å². The first-order valence-electron chi connectivity index (χ1n) is 9.73. The maximum atomic E-state index is 12.8. The molecule has 0 unspecified atom stereocenters. The lowest BCUT2D eigenvalue weighted by Crippen LogP contribution is -2.52. The summed E-state index contributed by atoms with van der Waals surface area (Å²) in [5.74, 6) is -0.554. The average Bonchev–Trinajstić information content (AvgIpc) is 3.19. The van der Waals surface area contributed by atoms with Crippen LogP contribution in [0.3, 0.4) is 0 Å². The molecule has 0 aromatic rings. The standard InChI is InChI=1S/C20H25NO5S/c22-19(23)20(11-5-6-12-20)21-27(24,25)18-10-9-16-15-8-4-2-1-3-7-14(15)13-17(16)26-18/h9-10,13,21H,1-8,11-12H2,(H,22,23). The lowest BCUT2D eigenvalue weighted by Gasteiger charge is -2.24. The largest absolute Gasteiger partial charge is 0.480 e. The summed E-state index contributed by atoms with van der Waals surface area (Å²) in [7, 11) is -4.05. The van der Waals surface area contributed by atoms with E-state index in [1.54, 1.807) is 6.07 Å². The number of carboxylic acids is 1. The Morgan fingerprint density at radius 3 is 2.44 bits per heavy atom. The summed E-state index contributed by atoms with van der Waals surface area (Å²) < 4.78 is 33.8. The fraction of sp³-hybridized carbons (Fsp3) is 0.550. The highest BCUT2D eigenvalue weighted by molar-refractivity contribution is 7.89. The van der Waals surface area contributed by atoms with Gasteiger partial charge < -0.3 is 9.52 Å². The predicted molar refractivity (Wildman–Crippen MR) is 100 cm³/mol. The number of carbonyl (C=O) groups is 1. The number of carboxylic acid groups (broad SMARTS) is 1. The lowest BCUT2D eigenvalue weighted by molar-refractivity contribution is -0.143. The molecule has 0 aromatic heterocycles. The van der Waals surface area contributed by atoms with Crippen molar-refractivity contribution in [2.45, 2.75) is 74.8 Å². The molecule has 1 heterocycles. The second-order valence-corrected chi connectivity index (χ2v) is 9.41. The Morgan fingerprint density at radius 1 is 1.04 bits per heavy atom. The second kappa shape index (κ2) is 6.95. The number of hydrogen-bond acceptors (Lipinski definition) is 4. The summed E-state index contributed by atoms with van der Waals surface area (Å²) >= 11 is 0. The van der Waals surface area contributed by atoms with Gasteiger partial charge in [0.1, 0.15) is 11.3 Å². The van der Waals surface area contributed by atoms with Crippen LogP contribution >= 0.6 is 0 Å². The Bertz CT molecular complexity index is 924. The summed E-state index contributed by atoms with van der Waals surface area (Å²) in [5, 5.41) is 9.33. The zero-order valence-electron chi connectivity index (χ0n) is 15.3. The van der Waals surface area contributed by atoms with E-state index >= 15 is 0 Å². The molecule has 3 aliphatic carbocycles. The second-order valence-electron chi connectivity index (χ2n) is 7.79. The number of rotatable bonds is 4. The van der Waals surface area contributed by atoms with E-state index in [0.29, 0.717) is 31.4 Å². The van der Waals surface area contributed by atoms with Gasteiger partial charge in [-0.3, -0.25) is 4.79 Å². The van der Waals surface area contributed by atoms with Crippen LogP contribution in [-0.2, 0) is 27.7 Å². The van der Waals surface area contributed by atoms with Crippen LogP contribution < -0.4 is 4.72 Å². The van der Waals surface area contributed by atoms with Gasteiger partial charge in [-0.25, -0.2) is 8.42 Å². The average molecular weight is 391 g/mol. The molecule has 1 fully saturated rings. The maximum Gasteiger partial charge on any atom is 0.324 e. The van der Waals surface area contributed by atoms with Gasteiger partial charge in [0.2, 0.25) is 5.09 Å². The molecule has 1 aliphatic heterocycles. The monoisotopic (exact) mass is 391 g/mol. The third-order valence-corrected chi connectivity index (χ3v) is 7.37. The van der Waals surface area contributed by atoms with Crippen LogP contribution in [0.15, 0.2) is 27.7 Å². The third kappa shape index (κ3) is 3.38. The number of fused-ring (bicyclic) bond motifs is 3. The molecule has 4 aliphatic rings. The SMILES string of the molecule is O=C(O)C1(NS(=O)(=O)c2ccc3c4c(cc-3o2)CCCCCC4)CCCC1. The van der Waals surface area contributed by atoms with Crippen molar-refractivity contribution in [2.24, 2.45) is 0 Å². The van der Waals surface area contributed by atoms with E-state index in [-0.39, 0.29) is 5.09 Å². The minimum Gasteiger partial charge on any atom is -0.480 e. The first kappa shape index (κ1) is 18.5. The minimum atomic E-state index is -4.05. The van der Waals surface area contributed by atoms with Crippen LogP contribution in [0.2, 0.25) is 0 Å². The van der Waals surface area contributed by atoms with Crippen LogP contribution in [0.5, 0.6) is 0 Å². The minimum absolute atomic E-state index is 0.222. The van der Waals surface area contributed by atoms with Gasteiger partial charge in [-0.2, -0.15) is 4.72 Å². The van der Waals surface area contributed by atoms with Gasteiger partial charge in [-0.15, -0.1) is 0 Å². The van der Waals surface area contributed by atoms with Crippen LogP contribution in [0.1, 0.15) is 62.5 Å². The molecule has 0 saturated heterocycles. The Morgan fingerprint density at radius 2 is 1.74 bits per heavy atom. The summed E-state index contributed by atoms with van der Waals surface area (Å²) in [4.78, 5) is 11.7. The van der Waals surface area contributed by atoms with E-state index in [1.807, 2.05) is 6.07 Å². The van der Waals surface area contributed by atoms with Crippen molar-refractivity contribution in [2.75, 3.05) is 0 Å². The van der Waals surface area contributed by atoms with Crippen LogP contribution in [0.4, 0.5) is 0 Å². The van der Waals surface area contributed by atoms with Crippen LogP contribution in [-0.4, -0.2) is 25.0 Å². The fourth-order valence-corrected chi connectivity index (χ4v) is 5.84. The number of hydrogen-bond donors (Lipinski definition) is 2. The zero-order chi connectivity index (χ0) is 19.1. The summed E-state index contributed by atoms with van der Waals surface area (Å²) in [6.45, 7) is 0. The highest BCUT2D eigenvalue weighted by Gasteiger charge is 2.45. The highest BCUT2D eigenvalue weighted by atomic mass is 32.2. The van der Waals surface area contributed by atoms with E-state index in [9.17, 15) is 18.3 Å². The fourth-order valence-electron chi connectivity index (χ4n) is 4.48. The predicted octanol–water partition coefficient (Wildman–Crippen LogP) is 3.72. The molecule has 146 valence electrons. The summed E-state index contributed by atoms with van der Waals surface area (Å²) in [5.41, 5.74) is 2.06. The molecular weight excluding hydrogens is 366 g/mol. The van der Waals surface area contributed by atoms with Crippen molar-refractivity contribution in [1.29, 1.82) is 0 Å². The maximum absolute atomic E-state index is 12.8. The molecule has 0 aromatic carbocycles. The zero-order valence-corrected chi connectivity index (χ0v) is 16.1. The highest BCUT2D eigenvalue weighted by Crippen LogP contribution is 2.37. The van der Waals surface area contributed by atoms with Crippen molar-refractivity contribution < 1.29 is 22.7 Å². The molecule has 7 heteroatoms. The molecule has 1 saturated carbocycles. The van der Waals surface area contributed by atoms with Crippen molar-refractivity contribution in [3.63, 3.8) is 0 Å². The van der Waals surface area contributed by atoms with Crippen LogP contribution in [0, 0.1) is 0 Å². The smallest absolute Gasteiger partial charge is 0.324 e. The first-order valence-corrected chi connectivity index (χ1v) is 11.2. The van der Waals surface area contributed by atoms with Gasteiger partial charge >= 0.3 is 5.97 Å². The Kier molecular flexibility index (Phi) is 4.76. The van der Waals surface area contributed by atoms with Crippen LogP contribution in [0.25, 0.3) is 11.3 Å². The van der Waals surface area contributed by atoms with Gasteiger partial charge in [0.15, 0.2) is 0 Å². The number of sulfonamides is 1. The Hall–Kier alpha value is -1.86. The van der Waals surface area contributed by atoms with E-state index < -0.39 is 21.5 Å². The van der Waals surface area contributed by atoms with Crippen molar-refractivity contribution in [3.05, 3.63) is 29.3 Å². The molecule has 0 spiro atoms. The molecule has 4 rings (SSSR count). The van der Waals surface area contributed by atoms with Gasteiger partial charge in [0, 0.05) is 5.56 Å². The molecule has 6 nitrogen and oxygen atoms in total. The van der Waals surface area contributed by atoms with E-state index in [0.717, 1.165) is 31.2 Å². The van der Waals surface area contributed by atoms with E-state index in [2.05, 4.69) is 4.72 Å². The Labute approximate surface area is 159 Å². The normalized spacial score (nSPS) is 20.1. The van der Waals surface area contributed by atoms with E-state index in [4.69, 9.17) is 4.42 Å². The molecule has 0 radical (unpaired) electrons. The van der Waals surface area contributed by atoms with Gasteiger partial charge in [0.05, 0.1) is 0 Å². The molecule has 2 N–H and O–H groups in total. The molecule has 0 amide bonds. The number of aliphatic carboxylic acids is 1. The molecule has 27 heavy (non-hydrogen) atoms. The van der Waals surface area contributed by atoms with Crippen molar-refractivity contribution in [3.8, 4) is 11.3 Å². The molecular formula is C20H25NO5S. The first-order chi connectivity index (χ1) is 12.9. The van der Waals surface area contributed by atoms with Crippen molar-refractivity contribution >= 4 is 16.0 Å². The topological polar surface area (TPSA) is 96.6 Å². The van der Waals surface area contributed by atoms with E-state index in [1.165, 1.54) is 30.0 Å². The number of aryl methyl sites for hydroxylation is 1. The summed E-state index contributed by atoms with van der Waals surface area (Å²) in [6.07, 6.45) is 8.68. The molecule has 0 atom stereocenters. The number of nitrogens with one attached hydrogen (secondary N) is 1. The lowest BCUT2D eigenvalue weighted by atomic mass is 9.95. The van der Waals surface area contributed by atoms with Gasteiger partial charge in [-0.05, 0) is 67.9 Å². The Balaban J connectivity index is 1.69. The quantitative estimate of drug-likeness (QED) is 0.828. The summed E-state index contributed by atoms with van der Waals surface area (Å²) in [6, 6.07) is 5.21. The van der Waals surface area contributed by atoms with Gasteiger partial charge in [-0.1, -0.05) is 25.7 Å². The third-order valence-electron chi connectivity index (χ3n) is 5.96.